The van der Waals surface area contributed by atoms with Crippen molar-refractivity contribution in [1.82, 2.24) is 9.44 Å². The zero-order valence-corrected chi connectivity index (χ0v) is 9.24. The molecule has 1 aromatic carbocycles. The van der Waals surface area contributed by atoms with Crippen molar-refractivity contribution in [3.8, 4) is 0 Å². The molecule has 0 saturated carbocycles. The molecular formula is C9H10N2O4S. The maximum atomic E-state index is 11.4. The second-order valence-electron chi connectivity index (χ2n) is 2.96. The van der Waals surface area contributed by atoms with Gasteiger partial charge >= 0.3 is 10.2 Å². The Morgan fingerprint density at radius 3 is 2.12 bits per heavy atom. The molecule has 2 N–H and O–H groups in total. The van der Waals surface area contributed by atoms with E-state index in [2.05, 4.69) is 0 Å². The van der Waals surface area contributed by atoms with Crippen LogP contribution in [-0.4, -0.2) is 20.2 Å². The largest absolute Gasteiger partial charge is 0.326 e. The van der Waals surface area contributed by atoms with Gasteiger partial charge in [-0.25, -0.2) is 9.44 Å². The van der Waals surface area contributed by atoms with E-state index in [0.717, 1.165) is 6.92 Å². The van der Waals surface area contributed by atoms with Crippen LogP contribution >= 0.6 is 0 Å². The van der Waals surface area contributed by atoms with E-state index in [0.29, 0.717) is 0 Å². The molecule has 1 rings (SSSR count). The maximum Gasteiger partial charge on any atom is 0.326 e. The molecule has 0 radical (unpaired) electrons. The van der Waals surface area contributed by atoms with Crippen molar-refractivity contribution in [2.24, 2.45) is 0 Å². The summed E-state index contributed by atoms with van der Waals surface area (Å²) in [6.07, 6.45) is 0. The van der Waals surface area contributed by atoms with E-state index in [1.807, 2.05) is 0 Å². The first-order valence-electron chi connectivity index (χ1n) is 4.31. The number of carbonyl (C=O) groups excluding carboxylic acids is 2. The summed E-state index contributed by atoms with van der Waals surface area (Å²) < 4.78 is 25.6. The Labute approximate surface area is 92.8 Å². The number of carbonyl (C=O) groups is 2. The number of nitrogens with one attached hydrogen (secondary N) is 2. The van der Waals surface area contributed by atoms with Gasteiger partial charge in [-0.2, -0.15) is 8.42 Å². The molecule has 0 aliphatic heterocycles. The highest BCUT2D eigenvalue weighted by atomic mass is 32.2. The molecule has 0 heterocycles. The van der Waals surface area contributed by atoms with Crippen molar-refractivity contribution < 1.29 is 18.0 Å². The third kappa shape index (κ3) is 3.70. The maximum absolute atomic E-state index is 11.4. The van der Waals surface area contributed by atoms with Crippen molar-refractivity contribution in [3.63, 3.8) is 0 Å². The van der Waals surface area contributed by atoms with Gasteiger partial charge in [-0.05, 0) is 12.1 Å². The van der Waals surface area contributed by atoms with E-state index in [4.69, 9.17) is 0 Å². The Kier molecular flexibility index (Phi) is 3.62. The van der Waals surface area contributed by atoms with Gasteiger partial charge in [0.05, 0.1) is 0 Å². The van der Waals surface area contributed by atoms with Crippen molar-refractivity contribution >= 4 is 22.0 Å². The molecule has 86 valence electrons. The van der Waals surface area contributed by atoms with E-state index >= 15 is 0 Å². The molecule has 6 nitrogen and oxygen atoms in total. The van der Waals surface area contributed by atoms with Crippen molar-refractivity contribution in [2.75, 3.05) is 0 Å². The molecule has 0 aliphatic rings. The van der Waals surface area contributed by atoms with Gasteiger partial charge in [-0.3, -0.25) is 9.59 Å². The van der Waals surface area contributed by atoms with E-state index < -0.39 is 22.0 Å². The predicted molar refractivity (Wildman–Crippen MR) is 56.6 cm³/mol. The first kappa shape index (κ1) is 12.2. The second kappa shape index (κ2) is 4.75. The van der Waals surface area contributed by atoms with Crippen LogP contribution in [0.4, 0.5) is 0 Å². The SMILES string of the molecule is CC(=O)NS(=O)(=O)NC(=O)c1ccccc1. The Hall–Kier alpha value is -1.89. The van der Waals surface area contributed by atoms with Crippen LogP contribution in [0.5, 0.6) is 0 Å². The van der Waals surface area contributed by atoms with Crippen molar-refractivity contribution in [2.45, 2.75) is 6.92 Å². The lowest BCUT2D eigenvalue weighted by molar-refractivity contribution is -0.117. The van der Waals surface area contributed by atoms with E-state index in [1.54, 1.807) is 27.6 Å². The Balaban J connectivity index is 2.76. The van der Waals surface area contributed by atoms with Gasteiger partial charge in [0.1, 0.15) is 0 Å². The first-order valence-corrected chi connectivity index (χ1v) is 5.79. The van der Waals surface area contributed by atoms with Gasteiger partial charge in [0.25, 0.3) is 5.91 Å². The van der Waals surface area contributed by atoms with Crippen molar-refractivity contribution in [3.05, 3.63) is 35.9 Å². The number of benzene rings is 1. The second-order valence-corrected chi connectivity index (χ2v) is 4.37. The van der Waals surface area contributed by atoms with Crippen LogP contribution in [0.1, 0.15) is 17.3 Å². The van der Waals surface area contributed by atoms with Crippen LogP contribution < -0.4 is 9.44 Å². The zero-order valence-electron chi connectivity index (χ0n) is 8.43. The minimum Gasteiger partial charge on any atom is -0.274 e. The summed E-state index contributed by atoms with van der Waals surface area (Å²) in [5.74, 6) is -1.57. The molecule has 0 saturated heterocycles. The molecule has 0 unspecified atom stereocenters. The molecule has 7 heteroatoms. The average Bonchev–Trinajstić information content (AvgIpc) is 2.16. The third-order valence-corrected chi connectivity index (χ3v) is 2.55. The summed E-state index contributed by atoms with van der Waals surface area (Å²) in [5.41, 5.74) is 0.191. The first-order chi connectivity index (χ1) is 7.41. The lowest BCUT2D eigenvalue weighted by Crippen LogP contribution is -2.42. The van der Waals surface area contributed by atoms with Gasteiger partial charge in [0.2, 0.25) is 5.91 Å². The van der Waals surface area contributed by atoms with Gasteiger partial charge in [-0.15, -0.1) is 0 Å². The van der Waals surface area contributed by atoms with Crippen LogP contribution in [0, 0.1) is 0 Å². The molecule has 0 aromatic heterocycles. The minimum atomic E-state index is -4.13. The van der Waals surface area contributed by atoms with Crippen LogP contribution in [0.2, 0.25) is 0 Å². The molecule has 2 amide bonds. The number of hydrogen-bond donors (Lipinski definition) is 2. The highest BCUT2D eigenvalue weighted by molar-refractivity contribution is 7.88. The quantitative estimate of drug-likeness (QED) is 0.767. The van der Waals surface area contributed by atoms with Gasteiger partial charge in [0, 0.05) is 12.5 Å². The highest BCUT2D eigenvalue weighted by Gasteiger charge is 2.16. The topological polar surface area (TPSA) is 92.3 Å². The molecule has 0 spiro atoms. The van der Waals surface area contributed by atoms with Crippen LogP contribution in [0.25, 0.3) is 0 Å². The summed E-state index contributed by atoms with van der Waals surface area (Å²) in [5, 5.41) is 0. The van der Waals surface area contributed by atoms with Crippen LogP contribution in [0.15, 0.2) is 30.3 Å². The zero-order chi connectivity index (χ0) is 12.2. The van der Waals surface area contributed by atoms with Crippen LogP contribution in [-0.2, 0) is 15.0 Å². The molecule has 0 aliphatic carbocycles. The molecule has 1 aromatic rings. The fourth-order valence-corrected chi connectivity index (χ4v) is 1.78. The van der Waals surface area contributed by atoms with Crippen LogP contribution in [0.3, 0.4) is 0 Å². The Morgan fingerprint density at radius 1 is 1.06 bits per heavy atom. The third-order valence-electron chi connectivity index (χ3n) is 1.54. The minimum absolute atomic E-state index is 0.191. The lowest BCUT2D eigenvalue weighted by Gasteiger charge is -2.06. The van der Waals surface area contributed by atoms with Gasteiger partial charge in [0.15, 0.2) is 0 Å². The smallest absolute Gasteiger partial charge is 0.274 e. The summed E-state index contributed by atoms with van der Waals surface area (Å²) in [6, 6.07) is 7.80. The van der Waals surface area contributed by atoms with E-state index in [1.165, 1.54) is 12.1 Å². The number of hydrogen-bond acceptors (Lipinski definition) is 4. The summed E-state index contributed by atoms with van der Waals surface area (Å²) in [7, 11) is -4.13. The van der Waals surface area contributed by atoms with Gasteiger partial charge in [-0.1, -0.05) is 18.2 Å². The summed E-state index contributed by atoms with van der Waals surface area (Å²) in [6.45, 7) is 1.03. The number of rotatable bonds is 3. The molecule has 0 atom stereocenters. The average molecular weight is 242 g/mol. The standard InChI is InChI=1S/C9H10N2O4S/c1-7(12)10-16(14,15)11-9(13)8-5-3-2-4-6-8/h2-6H,1H3,(H,10,12)(H,11,13). The van der Waals surface area contributed by atoms with E-state index in [-0.39, 0.29) is 5.56 Å². The molecule has 16 heavy (non-hydrogen) atoms. The Morgan fingerprint density at radius 2 is 1.62 bits per heavy atom. The summed E-state index contributed by atoms with van der Waals surface area (Å²) >= 11 is 0. The fraction of sp³-hybridized carbons (Fsp3) is 0.111. The molecular weight excluding hydrogens is 232 g/mol. The lowest BCUT2D eigenvalue weighted by atomic mass is 10.2. The molecule has 0 fully saturated rings. The predicted octanol–water partition coefficient (Wildman–Crippen LogP) is -0.203. The number of amides is 2. The Bertz CT molecular complexity index is 496. The normalized spacial score (nSPS) is 10.6. The van der Waals surface area contributed by atoms with Gasteiger partial charge < -0.3 is 0 Å². The van der Waals surface area contributed by atoms with E-state index in [9.17, 15) is 18.0 Å². The summed E-state index contributed by atoms with van der Waals surface area (Å²) in [4.78, 5) is 21.9. The highest BCUT2D eigenvalue weighted by Crippen LogP contribution is 1.98. The molecule has 0 bridgehead atoms. The fourth-order valence-electron chi connectivity index (χ4n) is 0.985. The van der Waals surface area contributed by atoms with Crippen molar-refractivity contribution in [1.29, 1.82) is 0 Å². The monoisotopic (exact) mass is 242 g/mol.